The molecule has 150 valence electrons. The molecule has 3 aromatic carbocycles. The van der Waals surface area contributed by atoms with Crippen LogP contribution in [0.1, 0.15) is 16.7 Å². The number of benzene rings is 3. The molecule has 1 atom stereocenters. The number of aryl methyl sites for hydroxylation is 1. The Morgan fingerprint density at radius 1 is 1.00 bits per heavy atom. The summed E-state index contributed by atoms with van der Waals surface area (Å²) in [6.45, 7) is 2.28. The van der Waals surface area contributed by atoms with E-state index in [9.17, 15) is 14.0 Å². The fourth-order valence-electron chi connectivity index (χ4n) is 4.25. The molecule has 2 amide bonds. The van der Waals surface area contributed by atoms with Gasteiger partial charge in [0.15, 0.2) is 0 Å². The van der Waals surface area contributed by atoms with Gasteiger partial charge in [-0.25, -0.2) is 4.39 Å². The monoisotopic (exact) mass is 418 g/mol. The van der Waals surface area contributed by atoms with E-state index >= 15 is 0 Å². The fourth-order valence-corrected chi connectivity index (χ4v) is 5.61. The van der Waals surface area contributed by atoms with Crippen LogP contribution in [0.5, 0.6) is 0 Å². The van der Waals surface area contributed by atoms with E-state index < -0.39 is 4.87 Å². The number of amides is 2. The summed E-state index contributed by atoms with van der Waals surface area (Å²) in [4.78, 5) is 29.1. The van der Waals surface area contributed by atoms with Crippen LogP contribution in [-0.2, 0) is 21.0 Å². The number of carbonyl (C=O) groups is 2. The number of nitrogens with zero attached hydrogens (tertiary/aromatic N) is 2. The van der Waals surface area contributed by atoms with Crippen molar-refractivity contribution in [2.75, 3.05) is 15.6 Å². The van der Waals surface area contributed by atoms with Crippen molar-refractivity contribution in [3.63, 3.8) is 0 Å². The zero-order chi connectivity index (χ0) is 20.9. The lowest BCUT2D eigenvalue weighted by atomic mass is 10.0. The second-order valence-electron chi connectivity index (χ2n) is 7.54. The quantitative estimate of drug-likeness (QED) is 0.624. The van der Waals surface area contributed by atoms with Crippen LogP contribution in [0.3, 0.4) is 0 Å². The van der Waals surface area contributed by atoms with Gasteiger partial charge in [0.2, 0.25) is 10.8 Å². The van der Waals surface area contributed by atoms with Gasteiger partial charge in [-0.05, 0) is 48.4 Å². The summed E-state index contributed by atoms with van der Waals surface area (Å²) in [5.74, 6) is -0.313. The number of hydrogen-bond donors (Lipinski definition) is 0. The van der Waals surface area contributed by atoms with E-state index in [4.69, 9.17) is 0 Å². The number of fused-ring (bicyclic) bond motifs is 2. The highest BCUT2D eigenvalue weighted by Gasteiger charge is 2.60. The van der Waals surface area contributed by atoms with Gasteiger partial charge in [-0.1, -0.05) is 42.5 Å². The van der Waals surface area contributed by atoms with Crippen LogP contribution < -0.4 is 9.80 Å². The van der Waals surface area contributed by atoms with E-state index in [-0.39, 0.29) is 23.4 Å². The van der Waals surface area contributed by atoms with Crippen LogP contribution in [0.4, 0.5) is 15.8 Å². The summed E-state index contributed by atoms with van der Waals surface area (Å²) < 4.78 is 13.3. The Labute approximate surface area is 178 Å². The van der Waals surface area contributed by atoms with Crippen molar-refractivity contribution in [1.82, 2.24) is 0 Å². The minimum Gasteiger partial charge on any atom is -0.304 e. The zero-order valence-corrected chi connectivity index (χ0v) is 17.2. The molecule has 2 heterocycles. The molecule has 2 aliphatic heterocycles. The SMILES string of the molecule is Cc1cccc(N2C(=O)CSC23C(=O)N(Cc2ccc(F)cc2)c2ccccc23)c1. The molecule has 1 unspecified atom stereocenters. The van der Waals surface area contributed by atoms with Crippen LogP contribution in [-0.4, -0.2) is 17.6 Å². The molecule has 0 aromatic heterocycles. The van der Waals surface area contributed by atoms with Gasteiger partial charge < -0.3 is 4.90 Å². The summed E-state index contributed by atoms with van der Waals surface area (Å²) in [6.07, 6.45) is 0. The summed E-state index contributed by atoms with van der Waals surface area (Å²) >= 11 is 1.36. The Morgan fingerprint density at radius 2 is 1.77 bits per heavy atom. The Bertz CT molecular complexity index is 1160. The van der Waals surface area contributed by atoms with Gasteiger partial charge >= 0.3 is 0 Å². The summed E-state index contributed by atoms with van der Waals surface area (Å²) in [5, 5.41) is 0. The van der Waals surface area contributed by atoms with Crippen LogP contribution >= 0.6 is 11.8 Å². The highest BCUT2D eigenvalue weighted by Crippen LogP contribution is 2.55. The van der Waals surface area contributed by atoms with E-state index in [1.807, 2.05) is 55.5 Å². The lowest BCUT2D eigenvalue weighted by Gasteiger charge is -2.33. The molecule has 1 saturated heterocycles. The fraction of sp³-hybridized carbons (Fsp3) is 0.167. The van der Waals surface area contributed by atoms with Crippen molar-refractivity contribution < 1.29 is 14.0 Å². The highest BCUT2D eigenvalue weighted by molar-refractivity contribution is 8.02. The number of carbonyl (C=O) groups excluding carboxylic acids is 2. The molecule has 0 saturated carbocycles. The van der Waals surface area contributed by atoms with Gasteiger partial charge in [-0.3, -0.25) is 14.5 Å². The van der Waals surface area contributed by atoms with Crippen LogP contribution in [0.2, 0.25) is 0 Å². The third kappa shape index (κ3) is 2.75. The van der Waals surface area contributed by atoms with Crippen molar-refractivity contribution in [1.29, 1.82) is 0 Å². The Balaban J connectivity index is 1.64. The first-order valence-corrected chi connectivity index (χ1v) is 10.7. The van der Waals surface area contributed by atoms with Crippen molar-refractivity contribution in [2.24, 2.45) is 0 Å². The molecule has 5 rings (SSSR count). The molecule has 1 spiro atoms. The van der Waals surface area contributed by atoms with Gasteiger partial charge in [0.05, 0.1) is 18.0 Å². The third-order valence-corrected chi connectivity index (χ3v) is 6.96. The standard InChI is InChI=1S/C24H19FN2O2S/c1-16-5-4-6-19(13-16)27-22(28)15-30-24(27)20-7-2-3-8-21(20)26(23(24)29)14-17-9-11-18(25)12-10-17/h2-13H,14-15H2,1H3. The number of halogens is 1. The maximum absolute atomic E-state index is 13.9. The van der Waals surface area contributed by atoms with Gasteiger partial charge in [0, 0.05) is 11.3 Å². The van der Waals surface area contributed by atoms with E-state index in [2.05, 4.69) is 0 Å². The molecular formula is C24H19FN2O2S. The van der Waals surface area contributed by atoms with E-state index in [0.717, 1.165) is 28.1 Å². The Hall–Kier alpha value is -3.12. The summed E-state index contributed by atoms with van der Waals surface area (Å²) in [5.41, 5.74) is 4.17. The van der Waals surface area contributed by atoms with Crippen LogP contribution in [0.15, 0.2) is 72.8 Å². The first kappa shape index (κ1) is 18.9. The molecule has 0 N–H and O–H groups in total. The smallest absolute Gasteiger partial charge is 0.269 e. The van der Waals surface area contributed by atoms with Gasteiger partial charge in [-0.2, -0.15) is 0 Å². The number of thioether (sulfide) groups is 1. The van der Waals surface area contributed by atoms with Crippen molar-refractivity contribution >= 4 is 35.0 Å². The number of anilines is 2. The van der Waals surface area contributed by atoms with Crippen LogP contribution in [0, 0.1) is 12.7 Å². The first-order valence-electron chi connectivity index (χ1n) is 9.70. The lowest BCUT2D eigenvalue weighted by Crippen LogP contribution is -2.49. The van der Waals surface area contributed by atoms with Crippen molar-refractivity contribution in [3.05, 3.63) is 95.3 Å². The highest BCUT2D eigenvalue weighted by atomic mass is 32.2. The summed E-state index contributed by atoms with van der Waals surface area (Å²) in [6, 6.07) is 21.4. The van der Waals surface area contributed by atoms with Crippen LogP contribution in [0.25, 0.3) is 0 Å². The number of para-hydroxylation sites is 1. The predicted octanol–water partition coefficient (Wildman–Crippen LogP) is 4.61. The molecule has 6 heteroatoms. The predicted molar refractivity (Wildman–Crippen MR) is 117 cm³/mol. The number of hydrogen-bond acceptors (Lipinski definition) is 3. The molecule has 2 aliphatic rings. The average Bonchev–Trinajstić information content (AvgIpc) is 3.21. The Kier molecular flexibility index (Phi) is 4.40. The maximum atomic E-state index is 13.9. The number of rotatable bonds is 3. The van der Waals surface area contributed by atoms with Crippen molar-refractivity contribution in [3.8, 4) is 0 Å². The zero-order valence-electron chi connectivity index (χ0n) is 16.3. The van der Waals surface area contributed by atoms with E-state index in [1.165, 1.54) is 23.9 Å². The molecule has 0 bridgehead atoms. The van der Waals surface area contributed by atoms with E-state index in [0.29, 0.717) is 6.54 Å². The topological polar surface area (TPSA) is 40.6 Å². The normalized spacial score (nSPS) is 20.3. The molecule has 4 nitrogen and oxygen atoms in total. The minimum absolute atomic E-state index is 0.0858. The largest absolute Gasteiger partial charge is 0.304 e. The average molecular weight is 418 g/mol. The van der Waals surface area contributed by atoms with Gasteiger partial charge in [0.1, 0.15) is 5.82 Å². The molecule has 1 fully saturated rings. The lowest BCUT2D eigenvalue weighted by molar-refractivity contribution is -0.123. The molecular weight excluding hydrogens is 399 g/mol. The third-order valence-electron chi connectivity index (χ3n) is 5.58. The van der Waals surface area contributed by atoms with Gasteiger partial charge in [-0.15, -0.1) is 11.8 Å². The summed E-state index contributed by atoms with van der Waals surface area (Å²) in [7, 11) is 0. The van der Waals surface area contributed by atoms with E-state index in [1.54, 1.807) is 21.9 Å². The molecule has 3 aromatic rings. The van der Waals surface area contributed by atoms with Crippen molar-refractivity contribution in [2.45, 2.75) is 18.3 Å². The molecule has 0 aliphatic carbocycles. The minimum atomic E-state index is -1.12. The van der Waals surface area contributed by atoms with Gasteiger partial charge in [0.25, 0.3) is 5.91 Å². The maximum Gasteiger partial charge on any atom is 0.269 e. The second kappa shape index (κ2) is 6.99. The first-order chi connectivity index (χ1) is 14.5. The molecule has 30 heavy (non-hydrogen) atoms. The molecule has 0 radical (unpaired) electrons. The second-order valence-corrected chi connectivity index (χ2v) is 8.70. The Morgan fingerprint density at radius 3 is 2.53 bits per heavy atom.